The number of rotatable bonds is 45. The maximum Gasteiger partial charge on any atom is 0.206 e. The van der Waals surface area contributed by atoms with Gasteiger partial charge in [0.15, 0.2) is 74.9 Å². The fourth-order valence-corrected chi connectivity index (χ4v) is 77.6. The summed E-state index contributed by atoms with van der Waals surface area (Å²) in [5.41, 5.74) is 15.1. The van der Waals surface area contributed by atoms with Gasteiger partial charge < -0.3 is 24.7 Å². The van der Waals surface area contributed by atoms with Crippen LogP contribution in [0, 0.1) is 37.5 Å². The van der Waals surface area contributed by atoms with Crippen LogP contribution in [0.1, 0.15) is 108 Å². The zero-order valence-corrected chi connectivity index (χ0v) is 103. The second kappa shape index (κ2) is 57.5. The molecular weight excluding hydrogens is 1740 g/mol. The molecule has 0 fully saturated rings. The topological polar surface area (TPSA) is 55.4 Å². The fraction of sp³-hybridized carbons (Fsp3) is 0.699. The number of hydrogen-bond donors (Lipinski definition) is 0. The third-order valence-corrected chi connectivity index (χ3v) is 71.3. The molecule has 0 amide bonds. The third-order valence-electron chi connectivity index (χ3n) is 24.5. The molecule has 0 saturated carbocycles. The fourth-order valence-electron chi connectivity index (χ4n) is 19.6. The molecule has 0 heterocycles. The summed E-state index contributed by atoms with van der Waals surface area (Å²) in [5, 5.41) is 6.38. The largest absolute Gasteiger partial charge is 0.457 e. The SMILES string of the molecule is C=C(C)C#CC(=C)C.CC#CC(C)=C(C)C.CC(C)=C=C=C(C)C.[B][B]B([B])C(B([B])[B])(B([B])[B]CC)[Si](C)(C)O[Si](C)(C)C[B]B([B])C(B([B])[B])(B([B])[B][B])[Si](C)(C)O[Si](C)(C)C(C)=c1c(C)c([Si](C)(C)O[Si](C)(C)C)c([Si](C)(C)O[Si](C)(C)C)c(C)c1=CC.[B][B]B([B])C(B([B])[B])(B([B])[B]C[Si](C)(C)O[Si](C)(C)C(B([B])[B])(B([B])[B][B])B([B])[B]CC)[Si](C)(C)O[Si](C)(C)C. The minimum absolute atomic E-state index is 0.514. The van der Waals surface area contributed by atoms with Gasteiger partial charge in [0.25, 0.3) is 0 Å². The quantitative estimate of drug-likeness (QED) is 0.0418. The summed E-state index contributed by atoms with van der Waals surface area (Å²) in [7, 11) is 116. The first-order valence-corrected chi connectivity index (χ1v) is 83.1. The summed E-state index contributed by atoms with van der Waals surface area (Å²) in [5.74, 6) is 12.5. The smallest absolute Gasteiger partial charge is 0.206 e. The third kappa shape index (κ3) is 39.5. The first-order valence-electron chi connectivity index (χ1n) is 46.3. The van der Waals surface area contributed by atoms with Crippen molar-refractivity contribution >= 4 is 411 Å². The van der Waals surface area contributed by atoms with Crippen LogP contribution in [-0.4, -0.2) is 389 Å². The molecule has 1 aromatic carbocycles. The molecule has 0 aliphatic heterocycles. The number of hydrogen-bond acceptors (Lipinski definition) is 6. The van der Waals surface area contributed by atoms with Gasteiger partial charge in [-0.2, -0.15) is 0 Å². The van der Waals surface area contributed by atoms with Gasteiger partial charge in [-0.15, -0.1) is 24.9 Å². The predicted octanol–water partition coefficient (Wildman–Crippen LogP) is 6.59. The molecule has 6 nitrogen and oxygen atoms in total. The second-order valence-corrected chi connectivity index (χ2v) is 95.6. The highest BCUT2D eigenvalue weighted by atomic mass is 28.4. The van der Waals surface area contributed by atoms with Gasteiger partial charge in [0.05, 0.1) is 28.7 Å². The monoisotopic (exact) mass is 1890 g/mol. The minimum Gasteiger partial charge on any atom is -0.457 e. The molecule has 1 rings (SSSR count). The minimum atomic E-state index is -3.20. The van der Waals surface area contributed by atoms with Crippen LogP contribution in [0.4, 0.5) is 0 Å². The van der Waals surface area contributed by atoms with Crippen LogP contribution in [0.25, 0.3) is 11.3 Å². The average Bonchev–Trinajstić information content (AvgIpc) is 0.727. The summed E-state index contributed by atoms with van der Waals surface area (Å²) >= 11 is 0. The molecule has 4 unspecified atom stereocenters. The Kier molecular flexibility index (Phi) is 60.9. The highest BCUT2D eigenvalue weighted by Gasteiger charge is 2.62. The van der Waals surface area contributed by atoms with Gasteiger partial charge in [0.1, 0.15) is 0 Å². The molecule has 4 atom stereocenters. The average molecular weight is 1890 g/mol. The van der Waals surface area contributed by atoms with E-state index in [1.54, 1.807) is 0 Å². The zero-order valence-electron chi connectivity index (χ0n) is 90.9. The molecule has 58 heteroatoms. The summed E-state index contributed by atoms with van der Waals surface area (Å²) in [4.78, 5) is 0. The molecule has 638 valence electrons. The molecule has 0 aliphatic carbocycles. The van der Waals surface area contributed by atoms with Crippen LogP contribution in [0.15, 0.2) is 58.1 Å². The van der Waals surface area contributed by atoms with Gasteiger partial charge in [0.2, 0.25) is 25.0 Å². The van der Waals surface area contributed by atoms with Crippen molar-refractivity contribution in [2.75, 3.05) is 0 Å². The van der Waals surface area contributed by atoms with Crippen molar-refractivity contribution in [1.29, 1.82) is 0 Å². The van der Waals surface area contributed by atoms with Crippen LogP contribution in [-0.2, 0) is 24.7 Å². The summed E-state index contributed by atoms with van der Waals surface area (Å²) in [6.07, 6.45) is 3.69. The van der Waals surface area contributed by atoms with Gasteiger partial charge in [-0.3, -0.25) is 0 Å². The van der Waals surface area contributed by atoms with Crippen molar-refractivity contribution < 1.29 is 24.7 Å². The van der Waals surface area contributed by atoms with Crippen molar-refractivity contribution in [3.05, 3.63) is 79.6 Å². The lowest BCUT2D eigenvalue weighted by Crippen LogP contribution is -2.75. The van der Waals surface area contributed by atoms with E-state index in [0.29, 0.717) is 18.2 Å². The molecule has 131 heavy (non-hydrogen) atoms. The van der Waals surface area contributed by atoms with Gasteiger partial charge >= 0.3 is 0 Å². The molecule has 0 aromatic heterocycles. The molecule has 0 saturated heterocycles. The van der Waals surface area contributed by atoms with Gasteiger partial charge in [-0.05, 0) is 334 Å². The van der Waals surface area contributed by atoms with Crippen LogP contribution in [0.3, 0.4) is 0 Å². The van der Waals surface area contributed by atoms with E-state index in [9.17, 15) is 0 Å². The summed E-state index contributed by atoms with van der Waals surface area (Å²) in [6, 6.07) is 0. The van der Waals surface area contributed by atoms with E-state index in [0.717, 1.165) is 17.5 Å². The Hall–Kier alpha value is 1.56. The van der Waals surface area contributed by atoms with E-state index in [2.05, 4.69) is 280 Å². The first-order chi connectivity index (χ1) is 58.6. The molecule has 0 spiro atoms. The van der Waals surface area contributed by atoms with Crippen LogP contribution >= 0.6 is 0 Å². The van der Waals surface area contributed by atoms with Gasteiger partial charge in [-0.1, -0.05) is 97.6 Å². The molecule has 0 bridgehead atoms. The Labute approximate surface area is 861 Å². The summed E-state index contributed by atoms with van der Waals surface area (Å²) < 4.78 is 39.2. The van der Waals surface area contributed by atoms with Gasteiger partial charge in [-0.25, -0.2) is 0 Å². The van der Waals surface area contributed by atoms with Crippen LogP contribution in [0.5, 0.6) is 0 Å². The highest BCUT2D eigenvalue weighted by molar-refractivity contribution is 7.69. The number of allylic oxidation sites excluding steroid dienone is 6. The Morgan fingerprint density at radius 1 is 0.366 bits per heavy atom. The Morgan fingerprint density at radius 2 is 0.618 bits per heavy atom. The normalized spacial score (nSPS) is 14.2. The van der Waals surface area contributed by atoms with E-state index in [1.165, 1.54) is 87.7 Å². The predicted molar refractivity (Wildman–Crippen MR) is 671 cm³/mol. The molecular formula is C73H142B40O6Si12. The first kappa shape index (κ1) is 139. The van der Waals surface area contributed by atoms with Crippen molar-refractivity contribution in [3.63, 3.8) is 0 Å². The van der Waals surface area contributed by atoms with Gasteiger partial charge in [0, 0.05) is 261 Å². The molecule has 48 radical (unpaired) electrons. The van der Waals surface area contributed by atoms with E-state index in [4.69, 9.17) is 179 Å². The Morgan fingerprint density at radius 3 is 0.824 bits per heavy atom. The van der Waals surface area contributed by atoms with Crippen LogP contribution < -0.4 is 20.8 Å². The van der Waals surface area contributed by atoms with E-state index < -0.39 is 197 Å². The van der Waals surface area contributed by atoms with Crippen molar-refractivity contribution in [2.45, 2.75) is 331 Å². The standard InChI is InChI=1S/C35H74B20O4Si8.C14H34B20O2Si4.C8H12.C8H10.C8H12/c1-24-30-27(3)32(64(16,17)56-60(6,7)8)33(65(18,19)57-61(9,10)11)28(4)31(30)29(5)63(14,15)59-67(22,23)35(51(40)41,55(45)49-37)53(43)47-26-62(12,13)58-66(20,21)34(50(38)39,54(44)48-36)52(42)46-25-2;1-11-25-31(21)13(29(17)18,33(23)27-15)40(9,10)36-38(5,6)12-26-32(22)14(30(19)20,34(24)28-16)39(7,8)35-37(2,3)4;2*1-7(2)5-6-8(3)4;1-5-6-8(4)7(2)3/h24H,25-26H2,1-23H3;11-12H2,1-10H3;1-4H3;1,3H2,2,4H3;1-4H3. The van der Waals surface area contributed by atoms with E-state index >= 15 is 0 Å². The Balaban J connectivity index is -0.00000105. The molecule has 0 N–H and O–H groups in total. The lowest BCUT2D eigenvalue weighted by Gasteiger charge is -2.59. The summed E-state index contributed by atoms with van der Waals surface area (Å²) in [6.45, 7) is 90.4. The Bertz CT molecular complexity index is 4150. The van der Waals surface area contributed by atoms with Crippen molar-refractivity contribution in [3.8, 4) is 23.7 Å². The van der Waals surface area contributed by atoms with E-state index in [-0.39, 0.29) is 0 Å². The second-order valence-electron chi connectivity index (χ2n) is 43.8. The molecule has 0 aliphatic rings. The van der Waals surface area contributed by atoms with Crippen LogP contribution in [0.2, 0.25) is 220 Å². The number of benzene rings is 1. The maximum atomic E-state index is 7.75. The molecule has 1 aromatic rings. The maximum absolute atomic E-state index is 7.75. The van der Waals surface area contributed by atoms with Crippen molar-refractivity contribution in [1.82, 2.24) is 0 Å². The van der Waals surface area contributed by atoms with E-state index in [1.807, 2.05) is 90.7 Å². The lowest BCUT2D eigenvalue weighted by molar-refractivity contribution is 0.544. The van der Waals surface area contributed by atoms with Crippen molar-refractivity contribution in [2.24, 2.45) is 0 Å². The lowest BCUT2D eigenvalue weighted by atomic mass is 8.79. The highest BCUT2D eigenvalue weighted by Crippen LogP contribution is 2.50. The zero-order chi connectivity index (χ0) is 105.